The highest BCUT2D eigenvalue weighted by Gasteiger charge is 2.31. The summed E-state index contributed by atoms with van der Waals surface area (Å²) in [6.45, 7) is 3.43. The number of sulfonamides is 1. The van der Waals surface area contributed by atoms with Crippen molar-refractivity contribution in [2.75, 3.05) is 26.2 Å². The van der Waals surface area contributed by atoms with Crippen molar-refractivity contribution >= 4 is 31.9 Å². The van der Waals surface area contributed by atoms with Gasteiger partial charge in [0.05, 0.1) is 11.3 Å². The number of benzene rings is 2. The van der Waals surface area contributed by atoms with Crippen molar-refractivity contribution in [1.29, 1.82) is 0 Å². The SMILES string of the molecule is Cc1ccccc1CC(=O)N1CCN(S(=O)(=O)c2ccccc2Br)CC1. The van der Waals surface area contributed by atoms with Crippen LogP contribution in [0.2, 0.25) is 0 Å². The van der Waals surface area contributed by atoms with Gasteiger partial charge in [0.15, 0.2) is 0 Å². The summed E-state index contributed by atoms with van der Waals surface area (Å²) < 4.78 is 27.6. The maximum absolute atomic E-state index is 12.8. The molecule has 1 heterocycles. The summed E-state index contributed by atoms with van der Waals surface area (Å²) in [6, 6.07) is 14.6. The summed E-state index contributed by atoms with van der Waals surface area (Å²) in [5.74, 6) is 0.0391. The van der Waals surface area contributed by atoms with E-state index in [2.05, 4.69) is 15.9 Å². The van der Waals surface area contributed by atoms with E-state index >= 15 is 0 Å². The van der Waals surface area contributed by atoms with Crippen LogP contribution in [-0.4, -0.2) is 49.7 Å². The van der Waals surface area contributed by atoms with Crippen LogP contribution in [0.25, 0.3) is 0 Å². The number of nitrogens with zero attached hydrogens (tertiary/aromatic N) is 2. The molecule has 1 fully saturated rings. The molecular formula is C19H21BrN2O3S. The van der Waals surface area contributed by atoms with E-state index in [-0.39, 0.29) is 10.8 Å². The average molecular weight is 437 g/mol. The smallest absolute Gasteiger partial charge is 0.244 e. The van der Waals surface area contributed by atoms with E-state index in [1.165, 1.54) is 4.31 Å². The lowest BCUT2D eigenvalue weighted by Crippen LogP contribution is -2.50. The molecule has 0 unspecified atom stereocenters. The molecule has 138 valence electrons. The van der Waals surface area contributed by atoms with Crippen molar-refractivity contribution in [3.63, 3.8) is 0 Å². The molecule has 1 aliphatic heterocycles. The number of halogens is 1. The first-order chi connectivity index (χ1) is 12.4. The number of hydrogen-bond acceptors (Lipinski definition) is 3. The first-order valence-corrected chi connectivity index (χ1v) is 10.7. The molecule has 2 aromatic carbocycles. The predicted molar refractivity (Wildman–Crippen MR) is 104 cm³/mol. The third kappa shape index (κ3) is 4.00. The van der Waals surface area contributed by atoms with Crippen molar-refractivity contribution in [3.8, 4) is 0 Å². The van der Waals surface area contributed by atoms with Crippen molar-refractivity contribution in [2.45, 2.75) is 18.2 Å². The second-order valence-corrected chi connectivity index (χ2v) is 9.08. The molecule has 3 rings (SSSR count). The molecule has 0 bridgehead atoms. The van der Waals surface area contributed by atoms with Gasteiger partial charge in [0.2, 0.25) is 15.9 Å². The number of hydrogen-bond donors (Lipinski definition) is 0. The van der Waals surface area contributed by atoms with Gasteiger partial charge in [-0.3, -0.25) is 4.79 Å². The van der Waals surface area contributed by atoms with Crippen molar-refractivity contribution < 1.29 is 13.2 Å². The third-order valence-electron chi connectivity index (χ3n) is 4.65. The predicted octanol–water partition coefficient (Wildman–Crippen LogP) is 2.83. The van der Waals surface area contributed by atoms with Gasteiger partial charge in [0, 0.05) is 30.7 Å². The van der Waals surface area contributed by atoms with Crippen LogP contribution in [0.3, 0.4) is 0 Å². The largest absolute Gasteiger partial charge is 0.340 e. The maximum atomic E-state index is 12.8. The Morgan fingerprint density at radius 3 is 2.27 bits per heavy atom. The summed E-state index contributed by atoms with van der Waals surface area (Å²) in [5, 5.41) is 0. The summed E-state index contributed by atoms with van der Waals surface area (Å²) in [7, 11) is -3.56. The van der Waals surface area contributed by atoms with E-state index in [1.807, 2.05) is 31.2 Å². The lowest BCUT2D eigenvalue weighted by Gasteiger charge is -2.34. The molecule has 0 spiro atoms. The third-order valence-corrected chi connectivity index (χ3v) is 7.56. The molecule has 7 heteroatoms. The lowest BCUT2D eigenvalue weighted by atomic mass is 10.1. The summed E-state index contributed by atoms with van der Waals surface area (Å²) in [4.78, 5) is 14.6. The number of piperazine rings is 1. The van der Waals surface area contributed by atoms with E-state index < -0.39 is 10.0 Å². The van der Waals surface area contributed by atoms with Crippen LogP contribution in [0.15, 0.2) is 57.9 Å². The number of amides is 1. The van der Waals surface area contributed by atoms with Gasteiger partial charge in [-0.1, -0.05) is 36.4 Å². The molecule has 0 radical (unpaired) electrons. The molecule has 5 nitrogen and oxygen atoms in total. The van der Waals surface area contributed by atoms with Gasteiger partial charge in [-0.05, 0) is 46.1 Å². The highest BCUT2D eigenvalue weighted by molar-refractivity contribution is 9.10. The molecule has 1 aliphatic rings. The fourth-order valence-electron chi connectivity index (χ4n) is 3.05. The van der Waals surface area contributed by atoms with E-state index in [0.29, 0.717) is 37.1 Å². The molecule has 0 N–H and O–H groups in total. The Balaban J connectivity index is 1.65. The van der Waals surface area contributed by atoms with Crippen LogP contribution in [0.1, 0.15) is 11.1 Å². The minimum atomic E-state index is -3.56. The first kappa shape index (κ1) is 19.1. The fraction of sp³-hybridized carbons (Fsp3) is 0.316. The number of carbonyl (C=O) groups is 1. The summed E-state index contributed by atoms with van der Waals surface area (Å²) in [6.07, 6.45) is 0.351. The maximum Gasteiger partial charge on any atom is 0.244 e. The van der Waals surface area contributed by atoms with Gasteiger partial charge in [-0.25, -0.2) is 8.42 Å². The monoisotopic (exact) mass is 436 g/mol. The standard InChI is InChI=1S/C19H21BrN2O3S/c1-15-6-2-3-7-16(15)14-19(23)21-10-12-22(13-11-21)26(24,25)18-9-5-4-8-17(18)20/h2-9H,10-14H2,1H3. The Morgan fingerprint density at radius 2 is 1.62 bits per heavy atom. The van der Waals surface area contributed by atoms with Crippen LogP contribution in [0.5, 0.6) is 0 Å². The quantitative estimate of drug-likeness (QED) is 0.740. The van der Waals surface area contributed by atoms with E-state index in [1.54, 1.807) is 29.2 Å². The molecular weight excluding hydrogens is 416 g/mol. The van der Waals surface area contributed by atoms with Gasteiger partial charge in [0.25, 0.3) is 0 Å². The van der Waals surface area contributed by atoms with Crippen LogP contribution < -0.4 is 0 Å². The van der Waals surface area contributed by atoms with Gasteiger partial charge in [-0.15, -0.1) is 0 Å². The zero-order valence-electron chi connectivity index (χ0n) is 14.6. The van der Waals surface area contributed by atoms with E-state index in [0.717, 1.165) is 11.1 Å². The fourth-order valence-corrected chi connectivity index (χ4v) is 5.44. The van der Waals surface area contributed by atoms with Crippen molar-refractivity contribution in [2.24, 2.45) is 0 Å². The van der Waals surface area contributed by atoms with Crippen LogP contribution in [-0.2, 0) is 21.2 Å². The second-order valence-electron chi connectivity index (χ2n) is 6.32. The molecule has 0 aliphatic carbocycles. The Labute approximate surface area is 162 Å². The average Bonchev–Trinajstić information content (AvgIpc) is 2.64. The second kappa shape index (κ2) is 7.90. The van der Waals surface area contributed by atoms with E-state index in [9.17, 15) is 13.2 Å². The summed E-state index contributed by atoms with van der Waals surface area (Å²) in [5.41, 5.74) is 2.11. The van der Waals surface area contributed by atoms with Gasteiger partial charge in [0.1, 0.15) is 0 Å². The van der Waals surface area contributed by atoms with Gasteiger partial charge >= 0.3 is 0 Å². The van der Waals surface area contributed by atoms with Crippen LogP contribution in [0, 0.1) is 6.92 Å². The van der Waals surface area contributed by atoms with Gasteiger partial charge in [-0.2, -0.15) is 4.31 Å². The lowest BCUT2D eigenvalue weighted by molar-refractivity contribution is -0.131. The van der Waals surface area contributed by atoms with Crippen LogP contribution >= 0.6 is 15.9 Å². The molecule has 0 saturated carbocycles. The number of rotatable bonds is 4. The summed E-state index contributed by atoms with van der Waals surface area (Å²) >= 11 is 3.31. The highest BCUT2D eigenvalue weighted by atomic mass is 79.9. The van der Waals surface area contributed by atoms with Crippen molar-refractivity contribution in [1.82, 2.24) is 9.21 Å². The van der Waals surface area contributed by atoms with Gasteiger partial charge < -0.3 is 4.90 Å². The number of aryl methyl sites for hydroxylation is 1. The Hall–Kier alpha value is -1.70. The minimum absolute atomic E-state index is 0.0391. The topological polar surface area (TPSA) is 57.7 Å². The molecule has 1 saturated heterocycles. The Kier molecular flexibility index (Phi) is 5.79. The molecule has 0 atom stereocenters. The Morgan fingerprint density at radius 1 is 1.00 bits per heavy atom. The minimum Gasteiger partial charge on any atom is -0.340 e. The van der Waals surface area contributed by atoms with Crippen molar-refractivity contribution in [3.05, 3.63) is 64.1 Å². The zero-order chi connectivity index (χ0) is 18.7. The molecule has 0 aromatic heterocycles. The zero-order valence-corrected chi connectivity index (χ0v) is 17.0. The molecule has 2 aromatic rings. The molecule has 1 amide bonds. The molecule has 26 heavy (non-hydrogen) atoms. The Bertz CT molecular complexity index is 907. The normalized spacial score (nSPS) is 15.8. The highest BCUT2D eigenvalue weighted by Crippen LogP contribution is 2.25. The first-order valence-electron chi connectivity index (χ1n) is 8.46. The number of carbonyl (C=O) groups excluding carboxylic acids is 1. The van der Waals surface area contributed by atoms with Crippen LogP contribution in [0.4, 0.5) is 0 Å². The van der Waals surface area contributed by atoms with E-state index in [4.69, 9.17) is 0 Å².